The first-order chi connectivity index (χ1) is 10.4. The van der Waals surface area contributed by atoms with E-state index in [1.54, 1.807) is 0 Å². The minimum Gasteiger partial charge on any atom is -0.459 e. The Balaban J connectivity index is 4.01. The van der Waals surface area contributed by atoms with Gasteiger partial charge in [-0.3, -0.25) is 4.79 Å². The van der Waals surface area contributed by atoms with Crippen molar-refractivity contribution in [1.82, 2.24) is 0 Å². The Kier molecular flexibility index (Phi) is 11.7. The lowest BCUT2D eigenvalue weighted by Crippen LogP contribution is -2.39. The van der Waals surface area contributed by atoms with Crippen LogP contribution in [-0.4, -0.2) is 42.3 Å². The van der Waals surface area contributed by atoms with Gasteiger partial charge < -0.3 is 14.6 Å². The fourth-order valence-corrected chi connectivity index (χ4v) is 1.96. The summed E-state index contributed by atoms with van der Waals surface area (Å²) in [7, 11) is 0. The van der Waals surface area contributed by atoms with Gasteiger partial charge in [-0.25, -0.2) is 4.79 Å². The molecule has 0 fully saturated rings. The zero-order chi connectivity index (χ0) is 17.0. The third-order valence-corrected chi connectivity index (χ3v) is 3.28. The molecular weight excluding hydrogens is 284 g/mol. The summed E-state index contributed by atoms with van der Waals surface area (Å²) in [5.74, 6) is -0.859. The van der Waals surface area contributed by atoms with Crippen molar-refractivity contribution in [2.45, 2.75) is 71.5 Å². The summed E-state index contributed by atoms with van der Waals surface area (Å²) in [6.07, 6.45) is 4.61. The lowest BCUT2D eigenvalue weighted by atomic mass is 10.1. The van der Waals surface area contributed by atoms with Crippen LogP contribution in [0, 0.1) is 0 Å². The molecule has 0 aromatic rings. The summed E-state index contributed by atoms with van der Waals surface area (Å²) in [6.45, 7) is 8.64. The van der Waals surface area contributed by atoms with Gasteiger partial charge in [-0.05, 0) is 20.3 Å². The Bertz CT molecular complexity index is 351. The fourth-order valence-electron chi connectivity index (χ4n) is 1.96. The van der Waals surface area contributed by atoms with Gasteiger partial charge in [0.05, 0.1) is 0 Å². The minimum absolute atomic E-state index is 0.250. The predicted molar refractivity (Wildman–Crippen MR) is 85.6 cm³/mol. The number of hydrogen-bond donors (Lipinski definition) is 1. The number of ether oxygens (including phenoxy) is 2. The van der Waals surface area contributed by atoms with Crippen molar-refractivity contribution in [2.75, 3.05) is 13.2 Å². The summed E-state index contributed by atoms with van der Waals surface area (Å²) in [5, 5.41) is 9.93. The van der Waals surface area contributed by atoms with Gasteiger partial charge in [-0.2, -0.15) is 0 Å². The Morgan fingerprint density at radius 1 is 1.09 bits per heavy atom. The summed E-state index contributed by atoms with van der Waals surface area (Å²) in [6, 6.07) is 0. The highest BCUT2D eigenvalue weighted by Crippen LogP contribution is 2.08. The van der Waals surface area contributed by atoms with E-state index >= 15 is 0 Å². The first-order valence-corrected chi connectivity index (χ1v) is 8.02. The molecule has 2 atom stereocenters. The first kappa shape index (κ1) is 20.8. The van der Waals surface area contributed by atoms with Crippen LogP contribution in [0.25, 0.3) is 0 Å². The second-order valence-corrected chi connectivity index (χ2v) is 5.62. The molecule has 1 N–H and O–H groups in total. The average Bonchev–Trinajstić information content (AvgIpc) is 2.46. The maximum absolute atomic E-state index is 11.5. The highest BCUT2D eigenvalue weighted by atomic mass is 16.6. The van der Waals surface area contributed by atoms with Gasteiger partial charge in [0.2, 0.25) is 0 Å². The van der Waals surface area contributed by atoms with Crippen LogP contribution in [0.2, 0.25) is 0 Å². The number of rotatable bonds is 13. The van der Waals surface area contributed by atoms with Crippen LogP contribution in [0.1, 0.15) is 59.3 Å². The lowest BCUT2D eigenvalue weighted by Gasteiger charge is -2.21. The zero-order valence-corrected chi connectivity index (χ0v) is 14.1. The number of unbranched alkanes of at least 4 members (excludes halogenated alkanes) is 5. The molecule has 0 aliphatic rings. The molecule has 0 rings (SSSR count). The Hall–Kier alpha value is -1.20. The van der Waals surface area contributed by atoms with Gasteiger partial charge >= 0.3 is 5.97 Å². The SMILES string of the molecule is C=C(C)C(=O)OCC(O)C(OCCCCCCCC)C(C)=O. The molecule has 0 radical (unpaired) electrons. The number of ketones is 1. The van der Waals surface area contributed by atoms with Crippen molar-refractivity contribution >= 4 is 11.8 Å². The minimum atomic E-state index is -1.15. The first-order valence-electron chi connectivity index (χ1n) is 8.02. The van der Waals surface area contributed by atoms with E-state index in [-0.39, 0.29) is 18.0 Å². The smallest absolute Gasteiger partial charge is 0.333 e. The van der Waals surface area contributed by atoms with Gasteiger partial charge in [0, 0.05) is 12.2 Å². The van der Waals surface area contributed by atoms with Crippen molar-refractivity contribution in [2.24, 2.45) is 0 Å². The molecular formula is C17H30O5. The van der Waals surface area contributed by atoms with Crippen LogP contribution in [0.3, 0.4) is 0 Å². The molecule has 0 saturated carbocycles. The van der Waals surface area contributed by atoms with Crippen molar-refractivity contribution < 1.29 is 24.2 Å². The Morgan fingerprint density at radius 2 is 1.68 bits per heavy atom. The number of carbonyl (C=O) groups is 2. The molecule has 0 aromatic carbocycles. The standard InChI is InChI=1S/C17H30O5/c1-5-6-7-8-9-10-11-21-16(14(4)18)15(19)12-22-17(20)13(2)3/h15-16,19H,2,5-12H2,1,3-4H3. The summed E-state index contributed by atoms with van der Waals surface area (Å²) in [5.41, 5.74) is 0.250. The topological polar surface area (TPSA) is 72.8 Å². The largest absolute Gasteiger partial charge is 0.459 e. The Morgan fingerprint density at radius 3 is 2.23 bits per heavy atom. The summed E-state index contributed by atoms with van der Waals surface area (Å²) in [4.78, 5) is 22.8. The van der Waals surface area contributed by atoms with Gasteiger partial charge in [0.1, 0.15) is 18.8 Å². The third-order valence-electron chi connectivity index (χ3n) is 3.28. The van der Waals surface area contributed by atoms with Gasteiger partial charge in [-0.1, -0.05) is 45.6 Å². The highest BCUT2D eigenvalue weighted by molar-refractivity contribution is 5.87. The van der Waals surface area contributed by atoms with Gasteiger partial charge in [0.25, 0.3) is 0 Å². The van der Waals surface area contributed by atoms with Crippen molar-refractivity contribution in [3.05, 3.63) is 12.2 Å². The number of carbonyl (C=O) groups excluding carboxylic acids is 2. The fraction of sp³-hybridized carbons (Fsp3) is 0.765. The van der Waals surface area contributed by atoms with E-state index in [1.807, 2.05) is 0 Å². The molecule has 0 amide bonds. The summed E-state index contributed by atoms with van der Waals surface area (Å²) >= 11 is 0. The number of hydrogen-bond acceptors (Lipinski definition) is 5. The van der Waals surface area contributed by atoms with E-state index < -0.39 is 18.2 Å². The molecule has 0 spiro atoms. The predicted octanol–water partition coefficient (Wildman–Crippen LogP) is 2.80. The van der Waals surface area contributed by atoms with E-state index in [2.05, 4.69) is 13.5 Å². The molecule has 0 bridgehead atoms. The molecule has 22 heavy (non-hydrogen) atoms. The van der Waals surface area contributed by atoms with Gasteiger partial charge in [0.15, 0.2) is 5.78 Å². The van der Waals surface area contributed by atoms with Crippen molar-refractivity contribution in [1.29, 1.82) is 0 Å². The van der Waals surface area contributed by atoms with Crippen LogP contribution in [0.5, 0.6) is 0 Å². The van der Waals surface area contributed by atoms with Crippen LogP contribution in [-0.2, 0) is 19.1 Å². The normalized spacial score (nSPS) is 13.5. The van der Waals surface area contributed by atoms with Crippen LogP contribution < -0.4 is 0 Å². The Labute approximate surface area is 133 Å². The number of aliphatic hydroxyl groups excluding tert-OH is 1. The quantitative estimate of drug-likeness (QED) is 0.321. The second-order valence-electron chi connectivity index (χ2n) is 5.62. The molecule has 5 heteroatoms. The maximum atomic E-state index is 11.5. The van der Waals surface area contributed by atoms with Crippen molar-refractivity contribution in [3.63, 3.8) is 0 Å². The molecule has 0 saturated heterocycles. The molecule has 0 heterocycles. The van der Waals surface area contributed by atoms with Crippen LogP contribution >= 0.6 is 0 Å². The summed E-state index contributed by atoms with van der Waals surface area (Å²) < 4.78 is 10.3. The maximum Gasteiger partial charge on any atom is 0.333 e. The number of aliphatic hydroxyl groups is 1. The van der Waals surface area contributed by atoms with E-state index in [9.17, 15) is 14.7 Å². The molecule has 128 valence electrons. The highest BCUT2D eigenvalue weighted by Gasteiger charge is 2.25. The van der Waals surface area contributed by atoms with E-state index in [0.717, 1.165) is 19.3 Å². The molecule has 0 aliphatic heterocycles. The molecule has 0 aromatic heterocycles. The molecule has 0 aliphatic carbocycles. The molecule has 5 nitrogen and oxygen atoms in total. The van der Waals surface area contributed by atoms with Crippen molar-refractivity contribution in [3.8, 4) is 0 Å². The molecule has 2 unspecified atom stereocenters. The van der Waals surface area contributed by atoms with Crippen LogP contribution in [0.4, 0.5) is 0 Å². The number of esters is 1. The third kappa shape index (κ3) is 9.68. The van der Waals surface area contributed by atoms with E-state index in [4.69, 9.17) is 9.47 Å². The van der Waals surface area contributed by atoms with Crippen LogP contribution in [0.15, 0.2) is 12.2 Å². The van der Waals surface area contributed by atoms with E-state index in [1.165, 1.54) is 33.1 Å². The second kappa shape index (κ2) is 12.4. The number of Topliss-reactive ketones (excluding diaryl/α,β-unsaturated/α-hetero) is 1. The van der Waals surface area contributed by atoms with E-state index in [0.29, 0.717) is 6.61 Å². The average molecular weight is 314 g/mol. The van der Waals surface area contributed by atoms with Gasteiger partial charge in [-0.15, -0.1) is 0 Å². The lowest BCUT2D eigenvalue weighted by molar-refractivity contribution is -0.151. The monoisotopic (exact) mass is 314 g/mol. The zero-order valence-electron chi connectivity index (χ0n) is 14.1.